The van der Waals surface area contributed by atoms with Gasteiger partial charge in [-0.2, -0.15) is 0 Å². The van der Waals surface area contributed by atoms with E-state index in [2.05, 4.69) is 29.8 Å². The third kappa shape index (κ3) is 5.65. The number of carbonyl (C=O) groups is 1. The third-order valence-electron chi connectivity index (χ3n) is 6.63. The van der Waals surface area contributed by atoms with Gasteiger partial charge >= 0.3 is 0 Å². The zero-order chi connectivity index (χ0) is 21.6. The fraction of sp³-hybridized carbons (Fsp3) is 0.538. The van der Waals surface area contributed by atoms with E-state index in [-0.39, 0.29) is 12.0 Å². The van der Waals surface area contributed by atoms with Gasteiger partial charge < -0.3 is 9.64 Å². The number of aryl methyl sites for hydroxylation is 1. The second kappa shape index (κ2) is 10.3. The minimum absolute atomic E-state index is 0.118. The number of likely N-dealkylation sites (tertiary alicyclic amines) is 2. The number of para-hydroxylation sites is 1. The monoisotopic (exact) mass is 421 g/mol. The maximum Gasteiger partial charge on any atom is 0.257 e. The van der Waals surface area contributed by atoms with Crippen LogP contribution in [0.25, 0.3) is 0 Å². The van der Waals surface area contributed by atoms with Crippen molar-refractivity contribution in [3.63, 3.8) is 0 Å². The van der Waals surface area contributed by atoms with E-state index in [0.717, 1.165) is 69.7 Å². The summed E-state index contributed by atoms with van der Waals surface area (Å²) in [5.74, 6) is 0.862. The van der Waals surface area contributed by atoms with E-state index < -0.39 is 0 Å². The van der Waals surface area contributed by atoms with Gasteiger partial charge in [0, 0.05) is 50.5 Å². The lowest BCUT2D eigenvalue weighted by Gasteiger charge is -2.36. The Balaban J connectivity index is 1.32. The van der Waals surface area contributed by atoms with Gasteiger partial charge in [0.15, 0.2) is 0 Å². The number of pyridine rings is 1. The molecule has 0 unspecified atom stereocenters. The number of amides is 1. The second-order valence-electron chi connectivity index (χ2n) is 9.08. The van der Waals surface area contributed by atoms with Gasteiger partial charge in [0.25, 0.3) is 5.91 Å². The van der Waals surface area contributed by atoms with Crippen molar-refractivity contribution in [2.45, 2.75) is 64.5 Å². The van der Waals surface area contributed by atoms with Crippen LogP contribution >= 0.6 is 0 Å². The van der Waals surface area contributed by atoms with E-state index in [1.807, 2.05) is 41.4 Å². The van der Waals surface area contributed by atoms with Crippen LogP contribution in [0.15, 0.2) is 42.6 Å². The first-order valence-corrected chi connectivity index (χ1v) is 11.8. The Morgan fingerprint density at radius 3 is 2.58 bits per heavy atom. The topological polar surface area (TPSA) is 45.7 Å². The fourth-order valence-electron chi connectivity index (χ4n) is 4.77. The first kappa shape index (κ1) is 21.8. The van der Waals surface area contributed by atoms with E-state index in [9.17, 15) is 4.79 Å². The van der Waals surface area contributed by atoms with Crippen LogP contribution in [-0.2, 0) is 6.42 Å². The third-order valence-corrected chi connectivity index (χ3v) is 6.63. The van der Waals surface area contributed by atoms with Crippen LogP contribution in [0.3, 0.4) is 0 Å². The van der Waals surface area contributed by atoms with Crippen LogP contribution in [0.1, 0.15) is 60.6 Å². The van der Waals surface area contributed by atoms with Crippen molar-refractivity contribution in [3.8, 4) is 5.75 Å². The summed E-state index contributed by atoms with van der Waals surface area (Å²) in [6.45, 7) is 8.16. The van der Waals surface area contributed by atoms with Gasteiger partial charge in [-0.05, 0) is 75.8 Å². The van der Waals surface area contributed by atoms with Crippen LogP contribution in [0.5, 0.6) is 5.75 Å². The van der Waals surface area contributed by atoms with Crippen LogP contribution in [-0.4, -0.2) is 59.0 Å². The summed E-state index contributed by atoms with van der Waals surface area (Å²) in [5, 5.41) is 0. The van der Waals surface area contributed by atoms with Crippen molar-refractivity contribution in [2.75, 3.05) is 26.2 Å². The molecule has 5 nitrogen and oxygen atoms in total. The summed E-state index contributed by atoms with van der Waals surface area (Å²) < 4.78 is 6.37. The van der Waals surface area contributed by atoms with Crippen LogP contribution in [0.2, 0.25) is 0 Å². The Kier molecular flexibility index (Phi) is 7.23. The molecule has 2 aromatic rings. The first-order valence-electron chi connectivity index (χ1n) is 11.8. The summed E-state index contributed by atoms with van der Waals surface area (Å²) >= 11 is 0. The molecule has 5 heteroatoms. The van der Waals surface area contributed by atoms with Crippen molar-refractivity contribution in [2.24, 2.45) is 0 Å². The Hall–Kier alpha value is -2.40. The summed E-state index contributed by atoms with van der Waals surface area (Å²) in [7, 11) is 0. The molecule has 3 heterocycles. The molecule has 0 saturated carbocycles. The zero-order valence-electron chi connectivity index (χ0n) is 18.9. The Labute approximate surface area is 186 Å². The highest BCUT2D eigenvalue weighted by atomic mass is 16.5. The summed E-state index contributed by atoms with van der Waals surface area (Å²) in [6, 6.07) is 12.5. The fourth-order valence-corrected chi connectivity index (χ4v) is 4.77. The summed E-state index contributed by atoms with van der Waals surface area (Å²) in [5.41, 5.74) is 3.14. The SMILES string of the molecule is Cc1ccnc(C[C@H](C)N2CCC(Oc3ccccc3C(=O)N3CCCCC3)CC2)c1. The minimum Gasteiger partial charge on any atom is -0.489 e. The molecule has 0 aliphatic carbocycles. The molecule has 31 heavy (non-hydrogen) atoms. The quantitative estimate of drug-likeness (QED) is 0.689. The van der Waals surface area contributed by atoms with Crippen molar-refractivity contribution >= 4 is 5.91 Å². The lowest BCUT2D eigenvalue weighted by atomic mass is 10.0. The molecule has 1 atom stereocenters. The molecule has 0 bridgehead atoms. The van der Waals surface area contributed by atoms with Gasteiger partial charge in [-0.3, -0.25) is 14.7 Å². The number of rotatable bonds is 6. The average molecular weight is 422 g/mol. The maximum absolute atomic E-state index is 13.0. The minimum atomic E-state index is 0.118. The van der Waals surface area contributed by atoms with Gasteiger partial charge in [-0.25, -0.2) is 0 Å². The highest BCUT2D eigenvalue weighted by molar-refractivity contribution is 5.97. The maximum atomic E-state index is 13.0. The predicted molar refractivity (Wildman–Crippen MR) is 124 cm³/mol. The average Bonchev–Trinajstić information content (AvgIpc) is 2.80. The van der Waals surface area contributed by atoms with Crippen molar-refractivity contribution in [3.05, 3.63) is 59.4 Å². The number of aromatic nitrogens is 1. The van der Waals surface area contributed by atoms with Crippen molar-refractivity contribution < 1.29 is 9.53 Å². The summed E-state index contributed by atoms with van der Waals surface area (Å²) in [4.78, 5) is 22.1. The molecule has 0 spiro atoms. The van der Waals surface area contributed by atoms with Gasteiger partial charge in [-0.15, -0.1) is 0 Å². The number of hydrogen-bond donors (Lipinski definition) is 0. The van der Waals surface area contributed by atoms with Gasteiger partial charge in [0.05, 0.1) is 5.56 Å². The molecule has 0 N–H and O–H groups in total. The molecule has 1 aromatic carbocycles. The molecule has 1 aromatic heterocycles. The largest absolute Gasteiger partial charge is 0.489 e. The summed E-state index contributed by atoms with van der Waals surface area (Å²) in [6.07, 6.45) is 8.43. The van der Waals surface area contributed by atoms with Gasteiger partial charge in [0.1, 0.15) is 11.9 Å². The number of nitrogens with zero attached hydrogens (tertiary/aromatic N) is 3. The smallest absolute Gasteiger partial charge is 0.257 e. The van der Waals surface area contributed by atoms with E-state index in [1.54, 1.807) is 0 Å². The van der Waals surface area contributed by atoms with Crippen molar-refractivity contribution in [1.29, 1.82) is 0 Å². The van der Waals surface area contributed by atoms with Crippen LogP contribution in [0.4, 0.5) is 0 Å². The Morgan fingerprint density at radius 1 is 1.10 bits per heavy atom. The number of hydrogen-bond acceptors (Lipinski definition) is 4. The normalized spacial score (nSPS) is 19.2. The van der Waals surface area contributed by atoms with E-state index in [4.69, 9.17) is 4.74 Å². The molecule has 1 amide bonds. The Morgan fingerprint density at radius 2 is 1.84 bits per heavy atom. The number of carbonyl (C=O) groups excluding carboxylic acids is 1. The van der Waals surface area contributed by atoms with Crippen LogP contribution < -0.4 is 4.74 Å². The van der Waals surface area contributed by atoms with E-state index >= 15 is 0 Å². The van der Waals surface area contributed by atoms with E-state index in [1.165, 1.54) is 12.0 Å². The molecule has 166 valence electrons. The highest BCUT2D eigenvalue weighted by Crippen LogP contribution is 2.26. The lowest BCUT2D eigenvalue weighted by Crippen LogP contribution is -2.44. The molecule has 4 rings (SSSR count). The van der Waals surface area contributed by atoms with Gasteiger partial charge in [-0.1, -0.05) is 12.1 Å². The molecule has 2 aliphatic rings. The standard InChI is InChI=1S/C26H35N3O2/c1-20-10-13-27-22(18-20)19-21(2)28-16-11-23(12-17-28)31-25-9-5-4-8-24(25)26(30)29-14-6-3-7-15-29/h4-5,8-10,13,18,21,23H,3,6-7,11-12,14-17,19H2,1-2H3/t21-/m0/s1. The molecule has 0 radical (unpaired) electrons. The number of piperidine rings is 2. The van der Waals surface area contributed by atoms with Gasteiger partial charge in [0.2, 0.25) is 0 Å². The first-order chi connectivity index (χ1) is 15.1. The van der Waals surface area contributed by atoms with Crippen molar-refractivity contribution in [1.82, 2.24) is 14.8 Å². The molecule has 2 aliphatic heterocycles. The van der Waals surface area contributed by atoms with E-state index in [0.29, 0.717) is 11.6 Å². The predicted octanol–water partition coefficient (Wildman–Crippen LogP) is 4.49. The number of ether oxygens (including phenoxy) is 1. The highest BCUT2D eigenvalue weighted by Gasteiger charge is 2.26. The number of benzene rings is 1. The molecule has 2 fully saturated rings. The second-order valence-corrected chi connectivity index (χ2v) is 9.08. The van der Waals surface area contributed by atoms with Crippen LogP contribution in [0, 0.1) is 6.92 Å². The molecule has 2 saturated heterocycles. The lowest BCUT2D eigenvalue weighted by molar-refractivity contribution is 0.0683. The zero-order valence-corrected chi connectivity index (χ0v) is 18.9. The molecular formula is C26H35N3O2. The molecular weight excluding hydrogens is 386 g/mol. The Bertz CT molecular complexity index is 870.